The van der Waals surface area contributed by atoms with Crippen LogP contribution in [0.5, 0.6) is 5.75 Å². The van der Waals surface area contributed by atoms with Gasteiger partial charge in [0.2, 0.25) is 0 Å². The minimum Gasteiger partial charge on any atom is -0.489 e. The van der Waals surface area contributed by atoms with Crippen molar-refractivity contribution in [3.05, 3.63) is 77.2 Å². The monoisotopic (exact) mass is 294 g/mol. The Bertz CT molecular complexity index is 718. The molecule has 0 aliphatic rings. The third-order valence-corrected chi connectivity index (χ3v) is 4.09. The summed E-state index contributed by atoms with van der Waals surface area (Å²) in [7, 11) is 0. The molecule has 3 rings (SSSR count). The first kappa shape index (κ1) is 13.6. The molecule has 3 heteroatoms. The van der Waals surface area contributed by atoms with E-state index in [9.17, 15) is 4.79 Å². The molecule has 1 heterocycles. The molecule has 0 N–H and O–H groups in total. The van der Waals surface area contributed by atoms with Gasteiger partial charge in [-0.1, -0.05) is 36.4 Å². The van der Waals surface area contributed by atoms with Gasteiger partial charge in [-0.25, -0.2) is 0 Å². The summed E-state index contributed by atoms with van der Waals surface area (Å²) in [5.41, 5.74) is 2.71. The van der Waals surface area contributed by atoms with Gasteiger partial charge in [-0.15, -0.1) is 11.3 Å². The molecule has 0 unspecified atom stereocenters. The SMILES string of the molecule is O=Cc1cc(OCc2ccccc2)ccc1-c1cccs1. The molecular weight excluding hydrogens is 280 g/mol. The fourth-order valence-electron chi connectivity index (χ4n) is 2.13. The molecule has 0 amide bonds. The van der Waals surface area contributed by atoms with Gasteiger partial charge >= 0.3 is 0 Å². The molecular formula is C18H14O2S. The van der Waals surface area contributed by atoms with Crippen LogP contribution in [0.4, 0.5) is 0 Å². The van der Waals surface area contributed by atoms with Crippen molar-refractivity contribution >= 4 is 17.6 Å². The maximum absolute atomic E-state index is 11.3. The molecule has 0 bridgehead atoms. The van der Waals surface area contributed by atoms with Crippen molar-refractivity contribution in [1.29, 1.82) is 0 Å². The second kappa shape index (κ2) is 6.37. The van der Waals surface area contributed by atoms with Crippen molar-refractivity contribution in [1.82, 2.24) is 0 Å². The third-order valence-electron chi connectivity index (χ3n) is 3.18. The Morgan fingerprint density at radius 3 is 2.57 bits per heavy atom. The summed E-state index contributed by atoms with van der Waals surface area (Å²) in [6.07, 6.45) is 0.879. The molecule has 0 saturated carbocycles. The zero-order chi connectivity index (χ0) is 14.5. The average Bonchev–Trinajstić information content (AvgIpc) is 3.08. The Labute approximate surface area is 127 Å². The van der Waals surface area contributed by atoms with Crippen molar-refractivity contribution in [3.63, 3.8) is 0 Å². The molecule has 2 aromatic carbocycles. The van der Waals surface area contributed by atoms with Gasteiger partial charge in [-0.3, -0.25) is 4.79 Å². The molecule has 0 atom stereocenters. The van der Waals surface area contributed by atoms with Gasteiger partial charge in [-0.2, -0.15) is 0 Å². The maximum Gasteiger partial charge on any atom is 0.150 e. The normalized spacial score (nSPS) is 10.3. The van der Waals surface area contributed by atoms with E-state index in [1.165, 1.54) is 0 Å². The van der Waals surface area contributed by atoms with Crippen LogP contribution < -0.4 is 4.74 Å². The van der Waals surface area contributed by atoms with Crippen LogP contribution in [-0.4, -0.2) is 6.29 Å². The van der Waals surface area contributed by atoms with Crippen LogP contribution in [0.25, 0.3) is 10.4 Å². The molecule has 0 aliphatic heterocycles. The molecule has 0 saturated heterocycles. The van der Waals surface area contributed by atoms with E-state index >= 15 is 0 Å². The highest BCUT2D eigenvalue weighted by Crippen LogP contribution is 2.30. The molecule has 21 heavy (non-hydrogen) atoms. The molecule has 0 fully saturated rings. The topological polar surface area (TPSA) is 26.3 Å². The largest absolute Gasteiger partial charge is 0.489 e. The Hall–Kier alpha value is -2.39. The van der Waals surface area contributed by atoms with Crippen LogP contribution in [0.1, 0.15) is 15.9 Å². The summed E-state index contributed by atoms with van der Waals surface area (Å²) in [6, 6.07) is 19.6. The number of thiophene rings is 1. The highest BCUT2D eigenvalue weighted by Gasteiger charge is 2.07. The Balaban J connectivity index is 1.80. The smallest absolute Gasteiger partial charge is 0.150 e. The van der Waals surface area contributed by atoms with Crippen molar-refractivity contribution in [2.24, 2.45) is 0 Å². The van der Waals surface area contributed by atoms with Crippen molar-refractivity contribution in [2.45, 2.75) is 6.61 Å². The van der Waals surface area contributed by atoms with E-state index in [0.29, 0.717) is 17.9 Å². The number of rotatable bonds is 5. The summed E-state index contributed by atoms with van der Waals surface area (Å²) in [6.45, 7) is 0.498. The van der Waals surface area contributed by atoms with Crippen molar-refractivity contribution < 1.29 is 9.53 Å². The highest BCUT2D eigenvalue weighted by atomic mass is 32.1. The van der Waals surface area contributed by atoms with Crippen LogP contribution >= 0.6 is 11.3 Å². The quantitative estimate of drug-likeness (QED) is 0.631. The number of carbonyl (C=O) groups excluding carboxylic acids is 1. The standard InChI is InChI=1S/C18H14O2S/c19-12-15-11-16(20-13-14-5-2-1-3-6-14)8-9-17(15)18-7-4-10-21-18/h1-12H,13H2. The Morgan fingerprint density at radius 2 is 1.86 bits per heavy atom. The lowest BCUT2D eigenvalue weighted by Gasteiger charge is -2.09. The van der Waals surface area contributed by atoms with Gasteiger partial charge in [0.25, 0.3) is 0 Å². The Morgan fingerprint density at radius 1 is 1.00 bits per heavy atom. The fraction of sp³-hybridized carbons (Fsp3) is 0.0556. The molecule has 3 aromatic rings. The van der Waals surface area contributed by atoms with Crippen LogP contribution in [0.15, 0.2) is 66.0 Å². The van der Waals surface area contributed by atoms with Gasteiger partial charge in [0.1, 0.15) is 12.4 Å². The first-order valence-electron chi connectivity index (χ1n) is 6.66. The van der Waals surface area contributed by atoms with Gasteiger partial charge in [0, 0.05) is 16.0 Å². The van der Waals surface area contributed by atoms with E-state index in [-0.39, 0.29) is 0 Å². The molecule has 0 aliphatic carbocycles. The number of benzene rings is 2. The average molecular weight is 294 g/mol. The summed E-state index contributed by atoms with van der Waals surface area (Å²) < 4.78 is 5.75. The van der Waals surface area contributed by atoms with E-state index < -0.39 is 0 Å². The fourth-order valence-corrected chi connectivity index (χ4v) is 2.90. The predicted octanol–water partition coefficient (Wildman–Crippen LogP) is 4.81. The highest BCUT2D eigenvalue weighted by molar-refractivity contribution is 7.13. The van der Waals surface area contributed by atoms with E-state index in [2.05, 4.69) is 0 Å². The first-order chi connectivity index (χ1) is 10.4. The van der Waals surface area contributed by atoms with E-state index in [4.69, 9.17) is 4.74 Å². The number of hydrogen-bond acceptors (Lipinski definition) is 3. The molecule has 0 spiro atoms. The summed E-state index contributed by atoms with van der Waals surface area (Å²) in [5, 5.41) is 2.00. The van der Waals surface area contributed by atoms with Gasteiger partial charge in [0.15, 0.2) is 6.29 Å². The van der Waals surface area contributed by atoms with Gasteiger partial charge < -0.3 is 4.74 Å². The molecule has 104 valence electrons. The first-order valence-corrected chi connectivity index (χ1v) is 7.54. The van der Waals surface area contributed by atoms with E-state index in [1.807, 2.05) is 60.0 Å². The number of carbonyl (C=O) groups is 1. The van der Waals surface area contributed by atoms with Crippen LogP contribution in [0.2, 0.25) is 0 Å². The summed E-state index contributed by atoms with van der Waals surface area (Å²) >= 11 is 1.62. The van der Waals surface area contributed by atoms with Gasteiger partial charge in [0.05, 0.1) is 0 Å². The molecule has 1 aromatic heterocycles. The van der Waals surface area contributed by atoms with Crippen LogP contribution in [-0.2, 0) is 6.61 Å². The minimum atomic E-state index is 0.498. The van der Waals surface area contributed by atoms with Crippen LogP contribution in [0, 0.1) is 0 Å². The van der Waals surface area contributed by atoms with E-state index in [1.54, 1.807) is 17.4 Å². The second-order valence-corrected chi connectivity index (χ2v) is 5.57. The molecule has 2 nitrogen and oxygen atoms in total. The van der Waals surface area contributed by atoms with Crippen molar-refractivity contribution in [2.75, 3.05) is 0 Å². The van der Waals surface area contributed by atoms with Crippen molar-refractivity contribution in [3.8, 4) is 16.2 Å². The number of ether oxygens (including phenoxy) is 1. The zero-order valence-electron chi connectivity index (χ0n) is 11.4. The number of hydrogen-bond donors (Lipinski definition) is 0. The lowest BCUT2D eigenvalue weighted by atomic mass is 10.1. The third kappa shape index (κ3) is 3.20. The predicted molar refractivity (Wildman–Crippen MR) is 85.9 cm³/mol. The van der Waals surface area contributed by atoms with Crippen LogP contribution in [0.3, 0.4) is 0 Å². The lowest BCUT2D eigenvalue weighted by Crippen LogP contribution is -1.96. The number of aldehydes is 1. The summed E-state index contributed by atoms with van der Waals surface area (Å²) in [4.78, 5) is 12.4. The summed E-state index contributed by atoms with van der Waals surface area (Å²) in [5.74, 6) is 0.709. The van der Waals surface area contributed by atoms with Gasteiger partial charge in [-0.05, 0) is 35.2 Å². The maximum atomic E-state index is 11.3. The molecule has 0 radical (unpaired) electrons. The second-order valence-electron chi connectivity index (χ2n) is 4.62. The lowest BCUT2D eigenvalue weighted by molar-refractivity contribution is 0.112. The minimum absolute atomic E-state index is 0.498. The Kier molecular flexibility index (Phi) is 4.12. The zero-order valence-corrected chi connectivity index (χ0v) is 12.2. The van der Waals surface area contributed by atoms with E-state index in [0.717, 1.165) is 22.3 Å².